The summed E-state index contributed by atoms with van der Waals surface area (Å²) in [6, 6.07) is 14.0. The Labute approximate surface area is 325 Å². The van der Waals surface area contributed by atoms with Crippen LogP contribution in [0.2, 0.25) is 0 Å². The van der Waals surface area contributed by atoms with E-state index in [1.165, 1.54) is 0 Å². The smallest absolute Gasteiger partial charge is 0.409 e. The van der Waals surface area contributed by atoms with Crippen molar-refractivity contribution >= 4 is 47.5 Å². The van der Waals surface area contributed by atoms with Gasteiger partial charge in [0.25, 0.3) is 0 Å². The number of nitrogens with two attached hydrogens (primary N) is 4. The molecule has 6 amide bonds. The van der Waals surface area contributed by atoms with Crippen molar-refractivity contribution in [3.8, 4) is 0 Å². The number of nitrogens with zero attached hydrogens (tertiary/aromatic N) is 6. The van der Waals surface area contributed by atoms with Crippen molar-refractivity contribution in [3.63, 3.8) is 0 Å². The van der Waals surface area contributed by atoms with Crippen LogP contribution in [0, 0.1) is 23.7 Å². The van der Waals surface area contributed by atoms with Gasteiger partial charge in [-0.1, -0.05) is 36.4 Å². The standard InChI is InChI=1S/C38H52N12O6/c39-33(40)45-29-9-1-25(2-10-29)21-43-35(51)47-13-17-49(18-14-47)37(53)55-23-31-27-5-7-28(8-6-27)32(31)24-56-38(54)50-19-15-48(16-20-50)36(52)44-22-26-3-11-30(12-4-26)46-34(41)42/h1-5,7,9-12,27-28,31-32H,6,8,13-24H2,(H,43,51)(H,44,52)(H4,39,40,45)(H4,41,42,46)/t27-,28?,31-,32?/m0/s1. The highest BCUT2D eigenvalue weighted by molar-refractivity contribution is 5.79. The molecule has 1 saturated carbocycles. The van der Waals surface area contributed by atoms with Crippen molar-refractivity contribution in [3.05, 3.63) is 71.8 Å². The molecule has 300 valence electrons. The number of ether oxygens (including phenoxy) is 2. The Balaban J connectivity index is 0.894. The van der Waals surface area contributed by atoms with E-state index in [1.807, 2.05) is 24.3 Å². The molecule has 56 heavy (non-hydrogen) atoms. The molecule has 3 fully saturated rings. The van der Waals surface area contributed by atoms with Crippen LogP contribution in [0.4, 0.5) is 30.6 Å². The minimum Gasteiger partial charge on any atom is -0.449 e. The number of aliphatic imine (C=N–C) groups is 2. The summed E-state index contributed by atoms with van der Waals surface area (Å²) in [5.74, 6) is 0.478. The minimum atomic E-state index is -0.408. The summed E-state index contributed by atoms with van der Waals surface area (Å²) >= 11 is 0. The van der Waals surface area contributed by atoms with E-state index >= 15 is 0 Å². The van der Waals surface area contributed by atoms with E-state index in [1.54, 1.807) is 43.9 Å². The third-order valence-electron chi connectivity index (χ3n) is 10.8. The van der Waals surface area contributed by atoms with E-state index in [0.717, 1.165) is 24.0 Å². The van der Waals surface area contributed by atoms with Crippen LogP contribution in [0.1, 0.15) is 24.0 Å². The molecule has 2 aliphatic heterocycles. The lowest BCUT2D eigenvalue weighted by molar-refractivity contribution is -0.00669. The molecule has 0 aromatic heterocycles. The first kappa shape index (κ1) is 39.5. The first-order valence-corrected chi connectivity index (χ1v) is 19.0. The van der Waals surface area contributed by atoms with Gasteiger partial charge in [0.15, 0.2) is 11.9 Å². The summed E-state index contributed by atoms with van der Waals surface area (Å²) in [4.78, 5) is 66.5. The highest BCUT2D eigenvalue weighted by Crippen LogP contribution is 2.45. The maximum Gasteiger partial charge on any atom is 0.409 e. The van der Waals surface area contributed by atoms with Crippen LogP contribution >= 0.6 is 0 Å². The number of fused-ring (bicyclic) bond motifs is 2. The molecule has 18 nitrogen and oxygen atoms in total. The number of urea groups is 2. The Hall–Kier alpha value is -6.20. The fourth-order valence-electron chi connectivity index (χ4n) is 7.66. The fraction of sp³-hybridized carbons (Fsp3) is 0.474. The van der Waals surface area contributed by atoms with E-state index < -0.39 is 12.2 Å². The molecule has 4 atom stereocenters. The average molecular weight is 773 g/mol. The molecule has 0 radical (unpaired) electrons. The zero-order chi connectivity index (χ0) is 39.6. The van der Waals surface area contributed by atoms with Gasteiger partial charge >= 0.3 is 24.2 Å². The fourth-order valence-corrected chi connectivity index (χ4v) is 7.66. The summed E-state index contributed by atoms with van der Waals surface area (Å²) in [5.41, 5.74) is 24.7. The largest absolute Gasteiger partial charge is 0.449 e. The van der Waals surface area contributed by atoms with Gasteiger partial charge in [0, 0.05) is 77.3 Å². The molecule has 2 heterocycles. The van der Waals surface area contributed by atoms with E-state index in [0.29, 0.717) is 76.8 Å². The molecule has 18 heteroatoms. The molecule has 2 aromatic carbocycles. The van der Waals surface area contributed by atoms with Crippen molar-refractivity contribution in [2.75, 3.05) is 65.6 Å². The van der Waals surface area contributed by atoms with Gasteiger partial charge in [-0.15, -0.1) is 0 Å². The number of rotatable bonds is 10. The lowest BCUT2D eigenvalue weighted by atomic mass is 9.63. The summed E-state index contributed by atoms with van der Waals surface area (Å²) in [6.07, 6.45) is 5.58. The van der Waals surface area contributed by atoms with Gasteiger partial charge in [-0.25, -0.2) is 29.2 Å². The van der Waals surface area contributed by atoms with Crippen LogP contribution in [0.25, 0.3) is 0 Å². The number of piperazine rings is 2. The minimum absolute atomic E-state index is 0.0227. The summed E-state index contributed by atoms with van der Waals surface area (Å²) < 4.78 is 11.7. The van der Waals surface area contributed by atoms with Crippen LogP contribution in [-0.4, -0.2) is 121 Å². The Bertz CT molecular complexity index is 1650. The molecule has 5 aliphatic rings. The van der Waals surface area contributed by atoms with Crippen LogP contribution in [0.3, 0.4) is 0 Å². The predicted molar refractivity (Wildman–Crippen MR) is 210 cm³/mol. The molecule has 7 rings (SSSR count). The molecule has 2 unspecified atom stereocenters. The van der Waals surface area contributed by atoms with E-state index in [-0.39, 0.29) is 60.9 Å². The van der Waals surface area contributed by atoms with E-state index in [9.17, 15) is 19.2 Å². The number of hydrogen-bond acceptors (Lipinski definition) is 8. The SMILES string of the molecule is NC(N)=Nc1ccc(CNC(=O)N2CCN(C(=O)OCC3C4C=C[C@@H](CC4)[C@@H]3COC(=O)N3CCN(C(=O)NCc4ccc(N=C(N)N)cc4)CC3)CC2)cc1. The van der Waals surface area contributed by atoms with Gasteiger partial charge in [0.05, 0.1) is 24.6 Å². The molecular formula is C38H52N12O6. The normalized spacial score (nSPS) is 21.5. The maximum atomic E-state index is 13.1. The Morgan fingerprint density at radius 1 is 0.554 bits per heavy atom. The van der Waals surface area contributed by atoms with E-state index in [2.05, 4.69) is 32.8 Å². The number of hydrogen-bond donors (Lipinski definition) is 6. The van der Waals surface area contributed by atoms with Gasteiger partial charge in [-0.3, -0.25) is 0 Å². The molecule has 0 spiro atoms. The van der Waals surface area contributed by atoms with Crippen molar-refractivity contribution in [1.82, 2.24) is 30.2 Å². The number of carbonyl (C=O) groups excluding carboxylic acids is 4. The molecule has 10 N–H and O–H groups in total. The van der Waals surface area contributed by atoms with Crippen molar-refractivity contribution < 1.29 is 28.7 Å². The number of guanidine groups is 2. The first-order valence-electron chi connectivity index (χ1n) is 19.0. The highest BCUT2D eigenvalue weighted by atomic mass is 16.6. The third-order valence-corrected chi connectivity index (χ3v) is 10.8. The van der Waals surface area contributed by atoms with Crippen LogP contribution in [0.15, 0.2) is 70.7 Å². The van der Waals surface area contributed by atoms with Gasteiger partial charge in [0.2, 0.25) is 0 Å². The maximum absolute atomic E-state index is 13.1. The Kier molecular flexibility index (Phi) is 13.0. The highest BCUT2D eigenvalue weighted by Gasteiger charge is 2.42. The van der Waals surface area contributed by atoms with Gasteiger partial charge < -0.3 is 62.6 Å². The number of amides is 6. The first-order chi connectivity index (χ1) is 27.0. The lowest BCUT2D eigenvalue weighted by Gasteiger charge is -2.44. The number of allylic oxidation sites excluding steroid dienone is 2. The quantitative estimate of drug-likeness (QED) is 0.116. The van der Waals surface area contributed by atoms with Crippen LogP contribution < -0.4 is 33.6 Å². The van der Waals surface area contributed by atoms with Crippen molar-refractivity contribution in [2.24, 2.45) is 56.6 Å². The zero-order valence-corrected chi connectivity index (χ0v) is 31.4. The van der Waals surface area contributed by atoms with Gasteiger partial charge in [0.1, 0.15) is 0 Å². The summed E-state index contributed by atoms with van der Waals surface area (Å²) in [6.45, 7) is 4.13. The van der Waals surface area contributed by atoms with Crippen LogP contribution in [0.5, 0.6) is 0 Å². The molecule has 2 bridgehead atoms. The topological polar surface area (TPSA) is 253 Å². The number of benzene rings is 2. The second kappa shape index (κ2) is 18.4. The molecule has 2 saturated heterocycles. The van der Waals surface area contributed by atoms with Crippen LogP contribution in [-0.2, 0) is 22.6 Å². The Morgan fingerprint density at radius 3 is 1.21 bits per heavy atom. The number of carbonyl (C=O) groups is 4. The monoisotopic (exact) mass is 772 g/mol. The van der Waals surface area contributed by atoms with E-state index in [4.69, 9.17) is 32.4 Å². The van der Waals surface area contributed by atoms with Crippen molar-refractivity contribution in [2.45, 2.75) is 25.9 Å². The number of nitrogens with one attached hydrogen (secondary N) is 2. The Morgan fingerprint density at radius 2 is 0.893 bits per heavy atom. The third kappa shape index (κ3) is 10.5. The molecule has 3 aliphatic carbocycles. The molecular weight excluding hydrogens is 720 g/mol. The lowest BCUT2D eigenvalue weighted by Crippen LogP contribution is -2.53. The summed E-state index contributed by atoms with van der Waals surface area (Å²) in [5, 5.41) is 5.84. The summed E-state index contributed by atoms with van der Waals surface area (Å²) in [7, 11) is 0. The zero-order valence-electron chi connectivity index (χ0n) is 31.4. The van der Waals surface area contributed by atoms with Gasteiger partial charge in [-0.2, -0.15) is 0 Å². The second-order valence-electron chi connectivity index (χ2n) is 14.4. The average Bonchev–Trinajstić information content (AvgIpc) is 3.21. The molecule has 2 aromatic rings. The van der Waals surface area contributed by atoms with Gasteiger partial charge in [-0.05, 0) is 60.1 Å². The van der Waals surface area contributed by atoms with Crippen molar-refractivity contribution in [1.29, 1.82) is 0 Å². The predicted octanol–water partition coefficient (Wildman–Crippen LogP) is 1.95. The second-order valence-corrected chi connectivity index (χ2v) is 14.4.